The molecule has 1 aliphatic rings. The molecule has 4 rings (SSSR count). The van der Waals surface area contributed by atoms with E-state index in [-0.39, 0.29) is 6.10 Å². The summed E-state index contributed by atoms with van der Waals surface area (Å²) in [6.45, 7) is 1.97. The van der Waals surface area contributed by atoms with E-state index in [9.17, 15) is 0 Å². The summed E-state index contributed by atoms with van der Waals surface area (Å²) >= 11 is 6.16. The number of ether oxygens (including phenoxy) is 1. The number of benzene rings is 2. The fourth-order valence-corrected chi connectivity index (χ4v) is 3.57. The van der Waals surface area contributed by atoms with Crippen LogP contribution in [-0.4, -0.2) is 18.1 Å². The zero-order chi connectivity index (χ0) is 16.4. The Kier molecular flexibility index (Phi) is 4.37. The maximum absolute atomic E-state index is 6.51. The molecule has 4 heteroatoms. The van der Waals surface area contributed by atoms with Crippen molar-refractivity contribution in [1.82, 2.24) is 10.3 Å². The van der Waals surface area contributed by atoms with Gasteiger partial charge in [-0.1, -0.05) is 48.0 Å². The van der Waals surface area contributed by atoms with E-state index in [4.69, 9.17) is 16.3 Å². The maximum Gasteiger partial charge on any atom is 0.129 e. The molecule has 0 saturated carbocycles. The molecule has 1 saturated heterocycles. The number of nitrogens with zero attached hydrogens (tertiary/aromatic N) is 1. The van der Waals surface area contributed by atoms with Gasteiger partial charge in [0.2, 0.25) is 0 Å². The van der Waals surface area contributed by atoms with Crippen LogP contribution in [0.4, 0.5) is 0 Å². The maximum atomic E-state index is 6.51. The first-order valence-corrected chi connectivity index (χ1v) is 8.64. The number of pyridine rings is 1. The van der Waals surface area contributed by atoms with Crippen molar-refractivity contribution in [3.63, 3.8) is 0 Å². The molecule has 2 atom stereocenters. The van der Waals surface area contributed by atoms with Crippen LogP contribution in [-0.2, 0) is 0 Å². The molecule has 2 heterocycles. The van der Waals surface area contributed by atoms with Crippen LogP contribution in [0.15, 0.2) is 60.9 Å². The van der Waals surface area contributed by atoms with Crippen molar-refractivity contribution in [3.8, 4) is 5.75 Å². The van der Waals surface area contributed by atoms with Gasteiger partial charge in [0.1, 0.15) is 11.9 Å². The lowest BCUT2D eigenvalue weighted by Crippen LogP contribution is -2.21. The average molecular weight is 339 g/mol. The number of hydrogen-bond donors (Lipinski definition) is 1. The number of aromatic nitrogens is 1. The first kappa shape index (κ1) is 15.4. The molecule has 1 N–H and O–H groups in total. The van der Waals surface area contributed by atoms with Crippen molar-refractivity contribution in [2.75, 3.05) is 13.1 Å². The molecule has 122 valence electrons. The van der Waals surface area contributed by atoms with E-state index in [0.717, 1.165) is 36.2 Å². The fraction of sp³-hybridized carbons (Fsp3) is 0.250. The highest BCUT2D eigenvalue weighted by Gasteiger charge is 2.29. The second kappa shape index (κ2) is 6.80. The topological polar surface area (TPSA) is 34.1 Å². The van der Waals surface area contributed by atoms with Gasteiger partial charge in [-0.25, -0.2) is 0 Å². The van der Waals surface area contributed by atoms with Gasteiger partial charge in [0.05, 0.1) is 5.02 Å². The van der Waals surface area contributed by atoms with E-state index in [2.05, 4.69) is 28.5 Å². The summed E-state index contributed by atoms with van der Waals surface area (Å²) in [7, 11) is 0. The number of fused-ring (bicyclic) bond motifs is 1. The van der Waals surface area contributed by atoms with Crippen molar-refractivity contribution in [3.05, 3.63) is 71.5 Å². The molecule has 0 amide bonds. The zero-order valence-electron chi connectivity index (χ0n) is 13.3. The first-order valence-electron chi connectivity index (χ1n) is 8.27. The first-order chi connectivity index (χ1) is 11.8. The molecule has 3 aromatic rings. The largest absolute Gasteiger partial charge is 0.485 e. The van der Waals surface area contributed by atoms with Crippen LogP contribution in [0.1, 0.15) is 18.1 Å². The van der Waals surface area contributed by atoms with Crippen LogP contribution in [0, 0.1) is 5.92 Å². The Hall–Kier alpha value is -2.10. The van der Waals surface area contributed by atoms with E-state index in [1.807, 2.05) is 36.5 Å². The summed E-state index contributed by atoms with van der Waals surface area (Å²) in [6.07, 6.45) is 4.55. The van der Waals surface area contributed by atoms with E-state index >= 15 is 0 Å². The highest BCUT2D eigenvalue weighted by Crippen LogP contribution is 2.35. The lowest BCUT2D eigenvalue weighted by Gasteiger charge is -2.25. The Morgan fingerprint density at radius 3 is 2.83 bits per heavy atom. The summed E-state index contributed by atoms with van der Waals surface area (Å²) in [5.41, 5.74) is 1.03. The minimum Gasteiger partial charge on any atom is -0.485 e. The van der Waals surface area contributed by atoms with Crippen molar-refractivity contribution in [1.29, 1.82) is 0 Å². The third kappa shape index (κ3) is 3.10. The van der Waals surface area contributed by atoms with Crippen LogP contribution in [0.5, 0.6) is 5.75 Å². The summed E-state index contributed by atoms with van der Waals surface area (Å²) in [6, 6.07) is 16.4. The van der Waals surface area contributed by atoms with E-state index in [1.54, 1.807) is 6.20 Å². The lowest BCUT2D eigenvalue weighted by atomic mass is 9.95. The monoisotopic (exact) mass is 338 g/mol. The molecule has 2 aromatic carbocycles. The fourth-order valence-electron chi connectivity index (χ4n) is 3.39. The minimum atomic E-state index is -0.0583. The quantitative estimate of drug-likeness (QED) is 0.753. The van der Waals surface area contributed by atoms with Crippen molar-refractivity contribution in [2.24, 2.45) is 5.92 Å². The van der Waals surface area contributed by atoms with E-state index in [0.29, 0.717) is 10.9 Å². The van der Waals surface area contributed by atoms with Gasteiger partial charge < -0.3 is 10.1 Å². The summed E-state index contributed by atoms with van der Waals surface area (Å²) in [5.74, 6) is 1.31. The van der Waals surface area contributed by atoms with Gasteiger partial charge >= 0.3 is 0 Å². The van der Waals surface area contributed by atoms with Crippen LogP contribution < -0.4 is 10.1 Å². The number of hydrogen-bond acceptors (Lipinski definition) is 3. The molecule has 0 unspecified atom stereocenters. The summed E-state index contributed by atoms with van der Waals surface area (Å²) in [5, 5.41) is 6.38. The molecule has 1 fully saturated rings. The highest BCUT2D eigenvalue weighted by molar-refractivity contribution is 6.30. The van der Waals surface area contributed by atoms with E-state index < -0.39 is 0 Å². The molecule has 1 aliphatic heterocycles. The molecule has 3 nitrogen and oxygen atoms in total. The molecule has 1 aromatic heterocycles. The molecule has 0 aliphatic carbocycles. The predicted octanol–water partition coefficient (Wildman–Crippen LogP) is 4.62. The molecule has 24 heavy (non-hydrogen) atoms. The lowest BCUT2D eigenvalue weighted by molar-refractivity contribution is 0.146. The highest BCUT2D eigenvalue weighted by atomic mass is 35.5. The third-order valence-electron chi connectivity index (χ3n) is 4.58. The van der Waals surface area contributed by atoms with Gasteiger partial charge in [-0.2, -0.15) is 0 Å². The summed E-state index contributed by atoms with van der Waals surface area (Å²) in [4.78, 5) is 4.25. The molecular weight excluding hydrogens is 320 g/mol. The Morgan fingerprint density at radius 2 is 2.00 bits per heavy atom. The Morgan fingerprint density at radius 1 is 1.12 bits per heavy atom. The summed E-state index contributed by atoms with van der Waals surface area (Å²) < 4.78 is 6.51. The van der Waals surface area contributed by atoms with Gasteiger partial charge in [0.15, 0.2) is 0 Å². The Bertz CT molecular complexity index is 840. The van der Waals surface area contributed by atoms with Crippen molar-refractivity contribution >= 4 is 22.4 Å². The van der Waals surface area contributed by atoms with Gasteiger partial charge in [0.25, 0.3) is 0 Å². The smallest absolute Gasteiger partial charge is 0.129 e. The normalized spacial score (nSPS) is 18.6. The van der Waals surface area contributed by atoms with E-state index in [1.165, 1.54) is 5.39 Å². The van der Waals surface area contributed by atoms with Gasteiger partial charge in [-0.05, 0) is 30.5 Å². The molecule has 0 radical (unpaired) electrons. The van der Waals surface area contributed by atoms with Gasteiger partial charge in [-0.3, -0.25) is 4.98 Å². The second-order valence-electron chi connectivity index (χ2n) is 6.21. The number of nitrogens with one attached hydrogen (secondary N) is 1. The average Bonchev–Trinajstić information content (AvgIpc) is 3.14. The van der Waals surface area contributed by atoms with Crippen LogP contribution in [0.25, 0.3) is 10.8 Å². The molecule has 0 bridgehead atoms. The van der Waals surface area contributed by atoms with Crippen LogP contribution >= 0.6 is 11.6 Å². The zero-order valence-corrected chi connectivity index (χ0v) is 14.0. The minimum absolute atomic E-state index is 0.0583. The van der Waals surface area contributed by atoms with Crippen molar-refractivity contribution in [2.45, 2.75) is 12.5 Å². The number of rotatable bonds is 4. The Labute approximate surface area is 146 Å². The van der Waals surface area contributed by atoms with Crippen molar-refractivity contribution < 1.29 is 4.74 Å². The third-order valence-corrected chi connectivity index (χ3v) is 4.79. The second-order valence-corrected chi connectivity index (χ2v) is 6.64. The predicted molar refractivity (Wildman–Crippen MR) is 97.5 cm³/mol. The SMILES string of the molecule is Clc1cncc([C@@H](Oc2cccc3ccccc23)[C@@H]2CCNC2)c1. The van der Waals surface area contributed by atoms with Crippen LogP contribution in [0.2, 0.25) is 5.02 Å². The van der Waals surface area contributed by atoms with Gasteiger partial charge in [-0.15, -0.1) is 0 Å². The van der Waals surface area contributed by atoms with Crippen LogP contribution in [0.3, 0.4) is 0 Å². The Balaban J connectivity index is 1.73. The molecular formula is C20H19ClN2O. The van der Waals surface area contributed by atoms with Gasteiger partial charge in [0, 0.05) is 35.8 Å². The number of halogens is 1. The molecule has 0 spiro atoms. The standard InChI is InChI=1S/C20H19ClN2O/c21-17-10-16(12-23-13-17)20(15-8-9-22-11-15)24-19-7-3-5-14-4-1-2-6-18(14)19/h1-7,10,12-13,15,20,22H,8-9,11H2/t15-,20+/m1/s1.